The maximum atomic E-state index is 12.1. The average molecular weight is 186 g/mol. The van der Waals surface area contributed by atoms with Gasteiger partial charge in [-0.05, 0) is 6.07 Å². The number of aromatic nitrogens is 3. The van der Waals surface area contributed by atoms with Crippen LogP contribution < -0.4 is 0 Å². The lowest BCUT2D eigenvalue weighted by atomic mass is 10.4. The summed E-state index contributed by atoms with van der Waals surface area (Å²) in [5.74, 6) is -0.00479. The number of halogens is 3. The number of nitrogens with zero attached hydrogens (tertiary/aromatic N) is 3. The maximum absolute atomic E-state index is 12.1. The van der Waals surface area contributed by atoms with Crippen LogP contribution in [0.3, 0.4) is 0 Å². The van der Waals surface area contributed by atoms with Crippen LogP contribution >= 0.6 is 0 Å². The SMILES string of the molecule is FC(F)(F)c1ccn2[c]cnc2n1. The van der Waals surface area contributed by atoms with Gasteiger partial charge in [-0.3, -0.25) is 4.40 Å². The van der Waals surface area contributed by atoms with Gasteiger partial charge in [-0.1, -0.05) is 0 Å². The Morgan fingerprint density at radius 3 is 2.85 bits per heavy atom. The highest BCUT2D eigenvalue weighted by Crippen LogP contribution is 2.27. The molecule has 0 spiro atoms. The standard InChI is InChI=1S/C7H3F3N3/c8-7(9,10)5-1-3-13-4-2-11-6(13)12-5/h1-3H. The molecule has 2 rings (SSSR count). The summed E-state index contributed by atoms with van der Waals surface area (Å²) in [4.78, 5) is 6.89. The van der Waals surface area contributed by atoms with Crippen molar-refractivity contribution in [3.63, 3.8) is 0 Å². The molecule has 0 aromatic carbocycles. The number of hydrogen-bond donors (Lipinski definition) is 0. The molecule has 0 fully saturated rings. The smallest absolute Gasteiger partial charge is 0.282 e. The summed E-state index contributed by atoms with van der Waals surface area (Å²) in [6, 6.07) is 0.880. The Balaban J connectivity index is 2.61. The molecule has 67 valence electrons. The number of hydrogen-bond acceptors (Lipinski definition) is 2. The molecule has 13 heavy (non-hydrogen) atoms. The minimum atomic E-state index is -4.42. The highest BCUT2D eigenvalue weighted by molar-refractivity contribution is 5.29. The van der Waals surface area contributed by atoms with Crippen LogP contribution in [0.1, 0.15) is 5.69 Å². The van der Waals surface area contributed by atoms with Crippen molar-refractivity contribution in [1.82, 2.24) is 14.4 Å². The van der Waals surface area contributed by atoms with Crippen molar-refractivity contribution in [2.75, 3.05) is 0 Å². The van der Waals surface area contributed by atoms with Crippen molar-refractivity contribution in [3.05, 3.63) is 30.4 Å². The van der Waals surface area contributed by atoms with Crippen molar-refractivity contribution in [1.29, 1.82) is 0 Å². The van der Waals surface area contributed by atoms with Gasteiger partial charge >= 0.3 is 6.18 Å². The van der Waals surface area contributed by atoms with Gasteiger partial charge in [0, 0.05) is 6.20 Å². The molecule has 2 aromatic rings. The minimum Gasteiger partial charge on any atom is -0.282 e. The molecule has 0 saturated carbocycles. The Morgan fingerprint density at radius 1 is 1.38 bits per heavy atom. The van der Waals surface area contributed by atoms with E-state index in [1.807, 2.05) is 0 Å². The number of rotatable bonds is 0. The Morgan fingerprint density at radius 2 is 2.15 bits per heavy atom. The van der Waals surface area contributed by atoms with E-state index < -0.39 is 11.9 Å². The Bertz CT molecular complexity index is 432. The molecular formula is C7H3F3N3. The van der Waals surface area contributed by atoms with Crippen molar-refractivity contribution in [2.45, 2.75) is 6.18 Å². The van der Waals surface area contributed by atoms with Crippen LogP contribution in [-0.4, -0.2) is 14.4 Å². The molecule has 0 amide bonds. The summed E-state index contributed by atoms with van der Waals surface area (Å²) in [5, 5.41) is 0. The van der Waals surface area contributed by atoms with Crippen molar-refractivity contribution < 1.29 is 13.2 Å². The highest BCUT2D eigenvalue weighted by atomic mass is 19.4. The third-order valence-corrected chi connectivity index (χ3v) is 1.48. The van der Waals surface area contributed by atoms with Crippen LogP contribution in [0, 0.1) is 6.20 Å². The van der Waals surface area contributed by atoms with Crippen LogP contribution in [0.5, 0.6) is 0 Å². The maximum Gasteiger partial charge on any atom is 0.433 e. The fraction of sp³-hybridized carbons (Fsp3) is 0.143. The topological polar surface area (TPSA) is 30.2 Å². The fourth-order valence-electron chi connectivity index (χ4n) is 0.909. The first kappa shape index (κ1) is 8.03. The average Bonchev–Trinajstić information content (AvgIpc) is 2.47. The summed E-state index contributed by atoms with van der Waals surface area (Å²) in [6.07, 6.45) is 0.638. The van der Waals surface area contributed by atoms with E-state index in [4.69, 9.17) is 0 Å². The monoisotopic (exact) mass is 186 g/mol. The molecule has 0 aliphatic carbocycles. The molecule has 3 nitrogen and oxygen atoms in total. The second-order valence-corrected chi connectivity index (χ2v) is 2.37. The van der Waals surface area contributed by atoms with E-state index >= 15 is 0 Å². The van der Waals surface area contributed by atoms with Crippen LogP contribution in [0.4, 0.5) is 13.2 Å². The molecule has 0 unspecified atom stereocenters. The van der Waals surface area contributed by atoms with Crippen molar-refractivity contribution in [2.24, 2.45) is 0 Å². The Hall–Kier alpha value is -1.59. The van der Waals surface area contributed by atoms with Crippen molar-refractivity contribution in [3.8, 4) is 0 Å². The molecule has 6 heteroatoms. The third-order valence-electron chi connectivity index (χ3n) is 1.48. The predicted octanol–water partition coefficient (Wildman–Crippen LogP) is 1.55. The first-order valence-electron chi connectivity index (χ1n) is 3.36. The van der Waals surface area contributed by atoms with Crippen LogP contribution in [-0.2, 0) is 6.18 Å². The van der Waals surface area contributed by atoms with Crippen LogP contribution in [0.2, 0.25) is 0 Å². The van der Waals surface area contributed by atoms with Gasteiger partial charge in [-0.15, -0.1) is 0 Å². The second kappa shape index (κ2) is 2.45. The van der Waals surface area contributed by atoms with Crippen molar-refractivity contribution >= 4 is 5.78 Å². The molecule has 1 radical (unpaired) electrons. The minimum absolute atomic E-state index is 0.00479. The Labute approximate surface area is 70.9 Å². The molecule has 0 aliphatic heterocycles. The number of imidazole rings is 1. The second-order valence-electron chi connectivity index (χ2n) is 2.37. The van der Waals surface area contributed by atoms with E-state index in [9.17, 15) is 13.2 Å². The van der Waals surface area contributed by atoms with Crippen LogP contribution in [0.25, 0.3) is 5.78 Å². The zero-order valence-electron chi connectivity index (χ0n) is 6.21. The van der Waals surface area contributed by atoms with E-state index in [2.05, 4.69) is 16.2 Å². The van der Waals surface area contributed by atoms with Gasteiger partial charge in [0.15, 0.2) is 0 Å². The molecule has 0 bridgehead atoms. The van der Waals surface area contributed by atoms with Gasteiger partial charge in [-0.25, -0.2) is 9.97 Å². The molecule has 0 N–H and O–H groups in total. The van der Waals surface area contributed by atoms with E-state index in [0.29, 0.717) is 0 Å². The predicted molar refractivity (Wildman–Crippen MR) is 36.8 cm³/mol. The van der Waals surface area contributed by atoms with Gasteiger partial charge in [0.2, 0.25) is 5.78 Å². The lowest BCUT2D eigenvalue weighted by Crippen LogP contribution is -2.08. The molecular weight excluding hydrogens is 183 g/mol. The summed E-state index contributed by atoms with van der Waals surface area (Å²) in [6.45, 7) is 0. The van der Waals surface area contributed by atoms with E-state index in [0.717, 1.165) is 6.07 Å². The fourth-order valence-corrected chi connectivity index (χ4v) is 0.909. The molecule has 0 atom stereocenters. The quantitative estimate of drug-likeness (QED) is 0.624. The molecule has 0 aliphatic rings. The van der Waals surface area contributed by atoms with Gasteiger partial charge in [0.25, 0.3) is 0 Å². The molecule has 2 aromatic heterocycles. The lowest BCUT2D eigenvalue weighted by molar-refractivity contribution is -0.141. The summed E-state index contributed by atoms with van der Waals surface area (Å²) in [5.41, 5.74) is -0.945. The number of fused-ring (bicyclic) bond motifs is 1. The first-order valence-corrected chi connectivity index (χ1v) is 3.36. The van der Waals surface area contributed by atoms with E-state index in [1.54, 1.807) is 0 Å². The zero-order chi connectivity index (χ0) is 9.47. The molecule has 0 saturated heterocycles. The first-order chi connectivity index (χ1) is 6.07. The zero-order valence-corrected chi connectivity index (χ0v) is 6.21. The molecule has 2 heterocycles. The van der Waals surface area contributed by atoms with Gasteiger partial charge in [-0.2, -0.15) is 13.2 Å². The van der Waals surface area contributed by atoms with Gasteiger partial charge in [0.05, 0.1) is 12.4 Å². The normalized spacial score (nSPS) is 12.2. The largest absolute Gasteiger partial charge is 0.433 e. The lowest BCUT2D eigenvalue weighted by Gasteiger charge is -2.04. The summed E-state index contributed by atoms with van der Waals surface area (Å²) >= 11 is 0. The highest BCUT2D eigenvalue weighted by Gasteiger charge is 2.32. The van der Waals surface area contributed by atoms with E-state index in [-0.39, 0.29) is 5.78 Å². The van der Waals surface area contributed by atoms with Crippen LogP contribution in [0.15, 0.2) is 18.5 Å². The Kier molecular flexibility index (Phi) is 1.51. The third kappa shape index (κ3) is 1.34. The number of alkyl halides is 3. The summed E-state index contributed by atoms with van der Waals surface area (Å²) < 4.78 is 37.6. The van der Waals surface area contributed by atoms with E-state index in [1.165, 1.54) is 16.8 Å². The summed E-state index contributed by atoms with van der Waals surface area (Å²) in [7, 11) is 0. The van der Waals surface area contributed by atoms with Gasteiger partial charge in [0.1, 0.15) is 5.69 Å². The van der Waals surface area contributed by atoms with Gasteiger partial charge < -0.3 is 0 Å².